The van der Waals surface area contributed by atoms with Crippen LogP contribution in [0.3, 0.4) is 0 Å². The first-order valence-corrected chi connectivity index (χ1v) is 29.5. The molecule has 0 radical (unpaired) electrons. The molecule has 0 unspecified atom stereocenters. The molecule has 9 rings (SSSR count). The summed E-state index contributed by atoms with van der Waals surface area (Å²) in [6.45, 7) is 8.16. The number of aliphatic hydroxyl groups excluding tert-OH is 2. The molecule has 1 aliphatic carbocycles. The lowest BCUT2D eigenvalue weighted by Crippen LogP contribution is -2.58. The summed E-state index contributed by atoms with van der Waals surface area (Å²) in [4.78, 5) is 65.0. The molecule has 434 valence electrons. The van der Waals surface area contributed by atoms with Crippen LogP contribution in [0.2, 0.25) is 0 Å². The number of hydrogen-bond donors (Lipinski definition) is 6. The van der Waals surface area contributed by atoms with E-state index in [4.69, 9.17) is 14.5 Å². The van der Waals surface area contributed by atoms with Crippen LogP contribution in [0.1, 0.15) is 101 Å². The minimum Gasteiger partial charge on any atom is -0.393 e. The number of fused-ring (bicyclic) bond motifs is 1. The number of carbonyl (C=O) groups is 4. The lowest BCUT2D eigenvalue weighted by Gasteiger charge is -2.35. The van der Waals surface area contributed by atoms with Crippen molar-refractivity contribution in [1.82, 2.24) is 40.0 Å². The van der Waals surface area contributed by atoms with Crippen molar-refractivity contribution in [2.75, 3.05) is 39.5 Å². The molecule has 4 amide bonds. The second-order valence-corrected chi connectivity index (χ2v) is 23.4. The Bertz CT molecular complexity index is 3480. The summed E-state index contributed by atoms with van der Waals surface area (Å²) in [7, 11) is 0. The van der Waals surface area contributed by atoms with Crippen molar-refractivity contribution < 1.29 is 38.9 Å². The van der Waals surface area contributed by atoms with Gasteiger partial charge in [0, 0.05) is 56.2 Å². The van der Waals surface area contributed by atoms with Crippen LogP contribution in [0, 0.1) is 29.6 Å². The molecule has 83 heavy (non-hydrogen) atoms. The monoisotopic (exact) mass is 1140 g/mol. The number of aromatic nitrogens is 4. The fraction of sp³-hybridized carbons (Fsp3) is 0.400. The highest BCUT2D eigenvalue weighted by Crippen LogP contribution is 2.40. The Morgan fingerprint density at radius 3 is 2.18 bits per heavy atom. The molecule has 18 heteroatoms. The van der Waals surface area contributed by atoms with Gasteiger partial charge in [-0.05, 0) is 90.8 Å². The summed E-state index contributed by atoms with van der Waals surface area (Å²) in [6.07, 6.45) is 5.87. The predicted molar refractivity (Wildman–Crippen MR) is 321 cm³/mol. The predicted octanol–water partition coefficient (Wildman–Crippen LogP) is 8.09. The number of amides is 4. The Morgan fingerprint density at radius 2 is 1.49 bits per heavy atom. The molecule has 3 aromatic heterocycles. The molecule has 4 aromatic carbocycles. The average Bonchev–Trinajstić information content (AvgIpc) is 4.37. The van der Waals surface area contributed by atoms with Gasteiger partial charge in [-0.3, -0.25) is 24.6 Å². The highest BCUT2D eigenvalue weighted by atomic mass is 32.1. The maximum atomic E-state index is 14.0. The number of rotatable bonds is 22. The van der Waals surface area contributed by atoms with Crippen LogP contribution in [-0.4, -0.2) is 122 Å². The summed E-state index contributed by atoms with van der Waals surface area (Å²) in [6, 6.07) is 34.8. The molecular weight excluding hydrogens is 1070 g/mol. The first kappa shape index (κ1) is 59.8. The number of β-amino-alcohol motifs (C(OH)–C–C–N with tert-alkyl or cyclic N) is 1. The van der Waals surface area contributed by atoms with E-state index in [2.05, 4.69) is 73.7 Å². The van der Waals surface area contributed by atoms with E-state index in [1.54, 1.807) is 11.3 Å². The average molecular weight is 1140 g/mol. The van der Waals surface area contributed by atoms with Crippen molar-refractivity contribution in [2.45, 2.75) is 122 Å². The normalized spacial score (nSPS) is 17.4. The van der Waals surface area contributed by atoms with Gasteiger partial charge in [0.2, 0.25) is 23.6 Å². The highest BCUT2D eigenvalue weighted by molar-refractivity contribution is 7.13. The number of hydrogen-bond acceptors (Lipinski definition) is 12. The van der Waals surface area contributed by atoms with Gasteiger partial charge in [0.1, 0.15) is 36.4 Å². The minimum absolute atomic E-state index is 0.0374. The first-order valence-electron chi connectivity index (χ1n) is 28.6. The van der Waals surface area contributed by atoms with E-state index in [9.17, 15) is 34.8 Å². The molecule has 1 saturated heterocycles. The summed E-state index contributed by atoms with van der Waals surface area (Å²) in [5, 5.41) is 39.9. The van der Waals surface area contributed by atoms with E-state index in [0.717, 1.165) is 91.9 Å². The third-order valence-electron chi connectivity index (χ3n) is 15.3. The summed E-state index contributed by atoms with van der Waals surface area (Å²) < 4.78 is 15.3. The number of likely N-dealkylation sites (tertiary alicyclic amines) is 1. The summed E-state index contributed by atoms with van der Waals surface area (Å²) in [5.41, 5.74) is 11.1. The van der Waals surface area contributed by atoms with E-state index in [1.807, 2.05) is 117 Å². The van der Waals surface area contributed by atoms with Crippen molar-refractivity contribution >= 4 is 46.0 Å². The number of carbonyl (C=O) groups excluding carboxylic acids is 4. The number of nitrogens with one attached hydrogen (secondary N) is 4. The van der Waals surface area contributed by atoms with Crippen molar-refractivity contribution in [1.29, 1.82) is 5.41 Å². The number of benzene rings is 4. The SMILES string of the molecule is Cc1ncsc1-c1ccc(CNC(=O)[C@@H]2C[C@@H](O)CN2C(=O)[C@@H](NC(=O)COCCOCC(=O)NCCCCC#Cc2cccc(Cn3c(-c4ccccc4)c(-c4ccccc4)c4c(=N)n(C5CCC(O)CC5)cnc43)c2)C(C)(C)C)cc1. The zero-order valence-electron chi connectivity index (χ0n) is 47.7. The molecule has 17 nitrogen and oxygen atoms in total. The minimum atomic E-state index is -1.00. The lowest BCUT2D eigenvalue weighted by molar-refractivity contribution is -0.144. The van der Waals surface area contributed by atoms with Crippen LogP contribution >= 0.6 is 11.3 Å². The molecule has 2 aliphatic rings. The van der Waals surface area contributed by atoms with Gasteiger partial charge in [0.25, 0.3) is 0 Å². The van der Waals surface area contributed by atoms with Gasteiger partial charge in [0.05, 0.1) is 58.9 Å². The molecule has 2 fully saturated rings. The van der Waals surface area contributed by atoms with Crippen LogP contribution in [0.5, 0.6) is 0 Å². The van der Waals surface area contributed by atoms with Crippen LogP contribution in [-0.2, 0) is 41.7 Å². The van der Waals surface area contributed by atoms with E-state index < -0.39 is 35.4 Å². The molecule has 1 aliphatic heterocycles. The van der Waals surface area contributed by atoms with Gasteiger partial charge in [0.15, 0.2) is 0 Å². The van der Waals surface area contributed by atoms with Gasteiger partial charge in [-0.2, -0.15) is 0 Å². The van der Waals surface area contributed by atoms with Crippen LogP contribution < -0.4 is 21.4 Å². The Labute approximate surface area is 489 Å². The molecule has 6 N–H and O–H groups in total. The van der Waals surface area contributed by atoms with E-state index in [-0.39, 0.29) is 69.9 Å². The smallest absolute Gasteiger partial charge is 0.246 e. The molecular formula is C65H75N9O8S. The van der Waals surface area contributed by atoms with E-state index in [0.29, 0.717) is 37.8 Å². The van der Waals surface area contributed by atoms with Crippen LogP contribution in [0.4, 0.5) is 0 Å². The molecule has 0 bridgehead atoms. The molecule has 0 spiro atoms. The Balaban J connectivity index is 0.700. The zero-order valence-corrected chi connectivity index (χ0v) is 48.6. The van der Waals surface area contributed by atoms with Gasteiger partial charge < -0.3 is 49.7 Å². The molecule has 7 aromatic rings. The number of ether oxygens (including phenoxy) is 2. The standard InChI is InChI=1S/C65H75N9O8S/c1-43-59(83-42-70-43)49-25-23-45(24-26-49)36-68-63(79)53-35-52(76)38-72(53)64(80)60(65(2,3)4)71-55(78)40-82-33-32-81-39-54(77)67-31-14-6-5-9-16-44-17-15-18-46(34-44)37-73-58(48-21-12-8-13-22-48)56(47-19-10-7-11-20-47)57-61(66)74(41-69-62(57)73)50-27-29-51(75)30-28-50/h7-8,10-13,15,17-26,34,41-42,50-53,60,66,75-76H,5-6,14,27-33,35-40H2,1-4H3,(H,67,77)(H,68,79)(H,71,78)/t50?,51?,52-,53+,60-/m1/s1. The third kappa shape index (κ3) is 15.3. The maximum absolute atomic E-state index is 14.0. The second kappa shape index (κ2) is 28.0. The topological polar surface area (TPSA) is 226 Å². The number of aliphatic hydroxyl groups is 2. The van der Waals surface area contributed by atoms with Crippen LogP contribution in [0.25, 0.3) is 43.9 Å². The van der Waals surface area contributed by atoms with Crippen molar-refractivity contribution in [3.8, 4) is 44.7 Å². The second-order valence-electron chi connectivity index (χ2n) is 22.6. The Hall–Kier alpha value is -7.79. The van der Waals surface area contributed by atoms with E-state index in [1.165, 1.54) is 4.90 Å². The Kier molecular flexibility index (Phi) is 20.2. The van der Waals surface area contributed by atoms with Crippen molar-refractivity contribution in [3.63, 3.8) is 0 Å². The largest absolute Gasteiger partial charge is 0.393 e. The third-order valence-corrected chi connectivity index (χ3v) is 16.3. The molecule has 3 atom stereocenters. The number of thiazole rings is 1. The fourth-order valence-electron chi connectivity index (χ4n) is 11.0. The number of nitrogens with zero attached hydrogens (tertiary/aromatic N) is 5. The first-order chi connectivity index (χ1) is 40.1. The van der Waals surface area contributed by atoms with Gasteiger partial charge in [-0.25, -0.2) is 9.97 Å². The molecule has 4 heterocycles. The van der Waals surface area contributed by atoms with E-state index >= 15 is 0 Å². The summed E-state index contributed by atoms with van der Waals surface area (Å²) >= 11 is 1.57. The van der Waals surface area contributed by atoms with Gasteiger partial charge in [-0.15, -0.1) is 11.3 Å². The van der Waals surface area contributed by atoms with Gasteiger partial charge >= 0.3 is 0 Å². The molecule has 1 saturated carbocycles. The fourth-order valence-corrected chi connectivity index (χ4v) is 11.8. The quantitative estimate of drug-likeness (QED) is 0.0283. The number of unbranched alkanes of at least 4 members (excludes halogenated alkanes) is 2. The van der Waals surface area contributed by atoms with Crippen molar-refractivity contribution in [3.05, 3.63) is 149 Å². The maximum Gasteiger partial charge on any atom is 0.246 e. The Morgan fingerprint density at radius 1 is 0.795 bits per heavy atom. The van der Waals surface area contributed by atoms with Crippen LogP contribution in [0.15, 0.2) is 121 Å². The number of aryl methyl sites for hydroxylation is 1. The zero-order chi connectivity index (χ0) is 58.5. The van der Waals surface area contributed by atoms with Crippen molar-refractivity contribution in [2.24, 2.45) is 5.41 Å². The summed E-state index contributed by atoms with van der Waals surface area (Å²) in [5.74, 6) is 4.98. The lowest BCUT2D eigenvalue weighted by atomic mass is 9.85. The highest BCUT2D eigenvalue weighted by Gasteiger charge is 2.44. The van der Waals surface area contributed by atoms with Gasteiger partial charge in [-0.1, -0.05) is 130 Å².